The van der Waals surface area contributed by atoms with Gasteiger partial charge in [-0.05, 0) is 30.3 Å². The molecule has 0 N–H and O–H groups in total. The Morgan fingerprint density at radius 1 is 1.39 bits per heavy atom. The summed E-state index contributed by atoms with van der Waals surface area (Å²) in [6, 6.07) is 9.77. The fraction of sp³-hybridized carbons (Fsp3) is 0.538. The summed E-state index contributed by atoms with van der Waals surface area (Å²) in [5.74, 6) is 0. The van der Waals surface area contributed by atoms with Crippen molar-refractivity contribution < 1.29 is 4.39 Å². The number of benzene rings is 1. The Labute approximate surface area is 121 Å². The molecule has 3 atom stereocenters. The van der Waals surface area contributed by atoms with Gasteiger partial charge in [0, 0.05) is 18.8 Å². The summed E-state index contributed by atoms with van der Waals surface area (Å²) in [6.07, 6.45) is -0.426. The van der Waals surface area contributed by atoms with Crippen LogP contribution in [-0.4, -0.2) is 34.7 Å². The second kappa shape index (κ2) is 6.22. The van der Waals surface area contributed by atoms with Crippen molar-refractivity contribution >= 4 is 33.4 Å². The number of rotatable bonds is 3. The number of piperazine rings is 1. The van der Waals surface area contributed by atoms with E-state index < -0.39 is 6.17 Å². The highest BCUT2D eigenvalue weighted by Gasteiger charge is 2.36. The van der Waals surface area contributed by atoms with Gasteiger partial charge in [-0.15, -0.1) is 0 Å². The second-order valence-electron chi connectivity index (χ2n) is 4.51. The molecule has 5 heteroatoms. The number of alkyl halides is 2. The molecular weight excluding hydrogens is 319 g/mol. The minimum absolute atomic E-state index is 0.0390. The molecule has 1 aromatic carbocycles. The monoisotopic (exact) mass is 334 g/mol. The Hall–Kier alpha value is -0.320. The predicted molar refractivity (Wildman–Crippen MR) is 78.0 cm³/mol. The van der Waals surface area contributed by atoms with E-state index in [1.54, 1.807) is 4.42 Å². The first-order valence-electron chi connectivity index (χ1n) is 6.15. The van der Waals surface area contributed by atoms with Crippen molar-refractivity contribution in [3.63, 3.8) is 0 Å². The van der Waals surface area contributed by atoms with Crippen LogP contribution in [0, 0.1) is 0 Å². The van der Waals surface area contributed by atoms with Crippen molar-refractivity contribution in [2.75, 3.05) is 18.0 Å². The average molecular weight is 336 g/mol. The Bertz CT molecular complexity index is 379. The molecule has 100 valence electrons. The molecule has 0 aromatic heterocycles. The highest BCUT2D eigenvalue weighted by atomic mass is 79.9. The van der Waals surface area contributed by atoms with E-state index >= 15 is 0 Å². The van der Waals surface area contributed by atoms with E-state index in [1.807, 2.05) is 37.3 Å². The minimum atomic E-state index is -0.908. The summed E-state index contributed by atoms with van der Waals surface area (Å²) in [5.41, 5.74) is 1.11. The van der Waals surface area contributed by atoms with Crippen molar-refractivity contribution in [1.29, 1.82) is 0 Å². The van der Waals surface area contributed by atoms with Crippen molar-refractivity contribution in [1.82, 2.24) is 4.42 Å². The third-order valence-electron chi connectivity index (χ3n) is 3.29. The summed E-state index contributed by atoms with van der Waals surface area (Å²) in [5, 5.41) is 0. The van der Waals surface area contributed by atoms with Crippen LogP contribution in [0.25, 0.3) is 0 Å². The van der Waals surface area contributed by atoms with Crippen molar-refractivity contribution in [3.8, 4) is 0 Å². The fourth-order valence-corrected chi connectivity index (χ4v) is 3.14. The van der Waals surface area contributed by atoms with Gasteiger partial charge in [0.05, 0.1) is 11.0 Å². The molecule has 0 spiro atoms. The van der Waals surface area contributed by atoms with E-state index in [-0.39, 0.29) is 11.0 Å². The summed E-state index contributed by atoms with van der Waals surface area (Å²) in [4.78, 5) is 2.13. The summed E-state index contributed by atoms with van der Waals surface area (Å²) in [6.45, 7) is 3.21. The number of hydrogen-bond acceptors (Lipinski definition) is 2. The molecule has 0 bridgehead atoms. The maximum atomic E-state index is 14.0. The van der Waals surface area contributed by atoms with Gasteiger partial charge in [-0.2, -0.15) is 4.42 Å². The topological polar surface area (TPSA) is 6.48 Å². The van der Waals surface area contributed by atoms with E-state index in [0.717, 1.165) is 12.2 Å². The molecule has 0 radical (unpaired) electrons. The maximum absolute atomic E-state index is 14.0. The quantitative estimate of drug-likeness (QED) is 0.471. The Kier molecular flexibility index (Phi) is 4.87. The van der Waals surface area contributed by atoms with Crippen LogP contribution < -0.4 is 4.90 Å². The summed E-state index contributed by atoms with van der Waals surface area (Å²) in [7, 11) is 0. The zero-order chi connectivity index (χ0) is 13.1. The molecule has 18 heavy (non-hydrogen) atoms. The third kappa shape index (κ3) is 2.98. The highest BCUT2D eigenvalue weighted by molar-refractivity contribution is 9.09. The lowest BCUT2D eigenvalue weighted by Crippen LogP contribution is -2.56. The molecular formula is C13H17BrClFN2. The lowest BCUT2D eigenvalue weighted by Gasteiger charge is -2.43. The lowest BCUT2D eigenvalue weighted by atomic mass is 10.1. The van der Waals surface area contributed by atoms with Gasteiger partial charge in [-0.3, -0.25) is 0 Å². The lowest BCUT2D eigenvalue weighted by molar-refractivity contribution is 0.158. The average Bonchev–Trinajstić information content (AvgIpc) is 2.41. The van der Waals surface area contributed by atoms with Gasteiger partial charge in [-0.1, -0.05) is 41.1 Å². The maximum Gasteiger partial charge on any atom is 0.118 e. The van der Waals surface area contributed by atoms with Crippen molar-refractivity contribution in [2.24, 2.45) is 0 Å². The number of para-hydroxylation sites is 1. The van der Waals surface area contributed by atoms with Crippen LogP contribution in [0.3, 0.4) is 0 Å². The standard InChI is InChI=1S/C13H17BrClFN2/c1-2-11(16)12-8-17(9-13(14)18(12)15)10-6-4-3-5-7-10/h3-7,11-13H,2,8-9H2,1H3. The molecule has 2 rings (SSSR count). The van der Waals surface area contributed by atoms with Crippen LogP contribution in [-0.2, 0) is 0 Å². The molecule has 0 amide bonds. The van der Waals surface area contributed by atoms with Gasteiger partial charge >= 0.3 is 0 Å². The highest BCUT2D eigenvalue weighted by Crippen LogP contribution is 2.29. The number of anilines is 1. The normalized spacial score (nSPS) is 27.2. The molecule has 1 heterocycles. The second-order valence-corrected chi connectivity index (χ2v) is 5.96. The Morgan fingerprint density at radius 2 is 2.06 bits per heavy atom. The summed E-state index contributed by atoms with van der Waals surface area (Å²) >= 11 is 9.69. The van der Waals surface area contributed by atoms with E-state index in [0.29, 0.717) is 13.0 Å². The first-order chi connectivity index (χ1) is 8.63. The van der Waals surface area contributed by atoms with E-state index in [9.17, 15) is 4.39 Å². The fourth-order valence-electron chi connectivity index (χ4n) is 2.24. The van der Waals surface area contributed by atoms with Gasteiger partial charge in [0.2, 0.25) is 0 Å². The van der Waals surface area contributed by atoms with Crippen LogP contribution >= 0.6 is 27.7 Å². The van der Waals surface area contributed by atoms with Crippen molar-refractivity contribution in [3.05, 3.63) is 30.3 Å². The Balaban J connectivity index is 2.15. The molecule has 1 fully saturated rings. The van der Waals surface area contributed by atoms with Crippen LogP contribution in [0.15, 0.2) is 30.3 Å². The number of nitrogens with zero attached hydrogens (tertiary/aromatic N) is 2. The van der Waals surface area contributed by atoms with E-state index in [2.05, 4.69) is 20.8 Å². The molecule has 1 saturated heterocycles. The molecule has 1 aliphatic heterocycles. The molecule has 2 nitrogen and oxygen atoms in total. The van der Waals surface area contributed by atoms with Crippen LogP contribution in [0.4, 0.5) is 10.1 Å². The van der Waals surface area contributed by atoms with Crippen LogP contribution in [0.5, 0.6) is 0 Å². The number of hydrogen-bond donors (Lipinski definition) is 0. The first-order valence-corrected chi connectivity index (χ1v) is 7.41. The zero-order valence-electron chi connectivity index (χ0n) is 10.3. The van der Waals surface area contributed by atoms with Gasteiger partial charge < -0.3 is 4.90 Å². The van der Waals surface area contributed by atoms with Gasteiger partial charge in [0.15, 0.2) is 0 Å². The molecule has 3 unspecified atom stereocenters. The Morgan fingerprint density at radius 3 is 2.67 bits per heavy atom. The first kappa shape index (κ1) is 14.1. The van der Waals surface area contributed by atoms with Gasteiger partial charge in [0.1, 0.15) is 6.17 Å². The van der Waals surface area contributed by atoms with Crippen LogP contribution in [0.1, 0.15) is 13.3 Å². The van der Waals surface area contributed by atoms with Crippen molar-refractivity contribution in [2.45, 2.75) is 30.5 Å². The molecule has 0 aliphatic carbocycles. The van der Waals surface area contributed by atoms with E-state index in [4.69, 9.17) is 11.8 Å². The molecule has 1 aromatic rings. The molecule has 1 aliphatic rings. The summed E-state index contributed by atoms with van der Waals surface area (Å²) < 4.78 is 15.5. The largest absolute Gasteiger partial charge is 0.367 e. The minimum Gasteiger partial charge on any atom is -0.367 e. The predicted octanol–water partition coefficient (Wildman–Crippen LogP) is 3.80. The van der Waals surface area contributed by atoms with Gasteiger partial charge in [0.25, 0.3) is 0 Å². The third-order valence-corrected chi connectivity index (χ3v) is 4.74. The zero-order valence-corrected chi connectivity index (χ0v) is 12.6. The number of halogens is 3. The van der Waals surface area contributed by atoms with Crippen LogP contribution in [0.2, 0.25) is 0 Å². The molecule has 0 saturated carbocycles. The smallest absolute Gasteiger partial charge is 0.118 e. The van der Waals surface area contributed by atoms with Gasteiger partial charge in [-0.25, -0.2) is 4.39 Å². The van der Waals surface area contributed by atoms with E-state index in [1.165, 1.54) is 0 Å². The SMILES string of the molecule is CCC(F)C1CN(c2ccccc2)CC(Br)N1Cl.